The maximum absolute atomic E-state index is 4.65. The van der Waals surface area contributed by atoms with Crippen LogP contribution in [0.25, 0.3) is 21.6 Å². The van der Waals surface area contributed by atoms with E-state index in [-0.39, 0.29) is 0 Å². The zero-order valence-electron chi connectivity index (χ0n) is 17.0. The first-order valence-electron chi connectivity index (χ1n) is 10.7. The topological polar surface area (TPSA) is 60.4 Å². The lowest BCUT2D eigenvalue weighted by molar-refractivity contribution is 0.700. The van der Waals surface area contributed by atoms with Gasteiger partial charge >= 0.3 is 0 Å². The van der Waals surface area contributed by atoms with Gasteiger partial charge in [-0.3, -0.25) is 0 Å². The molecule has 0 aromatic carbocycles. The van der Waals surface area contributed by atoms with Crippen molar-refractivity contribution in [3.05, 3.63) is 10.4 Å². The van der Waals surface area contributed by atoms with Gasteiger partial charge in [0.25, 0.3) is 0 Å². The van der Waals surface area contributed by atoms with Crippen LogP contribution in [-0.2, 0) is 12.8 Å². The van der Waals surface area contributed by atoms with E-state index >= 15 is 0 Å². The number of hydrogen-bond donors (Lipinski definition) is 0. The average molecular weight is 447 g/mol. The Bertz CT molecular complexity index is 1160. The van der Waals surface area contributed by atoms with Crippen LogP contribution in [0.15, 0.2) is 10.3 Å². The zero-order chi connectivity index (χ0) is 19.8. The minimum absolute atomic E-state index is 0.856. The van der Waals surface area contributed by atoms with Crippen molar-refractivity contribution in [1.29, 1.82) is 0 Å². The van der Waals surface area contributed by atoms with Gasteiger partial charge in [-0.2, -0.15) is 0 Å². The smallest absolute Gasteiger partial charge is 0.245 e. The van der Waals surface area contributed by atoms with Crippen molar-refractivity contribution in [1.82, 2.24) is 29.2 Å². The molecule has 0 saturated carbocycles. The second kappa shape index (κ2) is 8.43. The van der Waals surface area contributed by atoms with E-state index < -0.39 is 0 Å². The van der Waals surface area contributed by atoms with Crippen molar-refractivity contribution in [2.24, 2.45) is 0 Å². The molecule has 4 aromatic rings. The molecular formula is C20H26N6S3. The number of thiophene rings is 1. The minimum atomic E-state index is 0.856. The number of thioether (sulfide) groups is 2. The first-order chi connectivity index (χ1) is 14.3. The van der Waals surface area contributed by atoms with E-state index in [0.717, 1.165) is 39.7 Å². The third-order valence-electron chi connectivity index (χ3n) is 5.49. The molecule has 154 valence electrons. The molecule has 29 heavy (non-hydrogen) atoms. The van der Waals surface area contributed by atoms with Gasteiger partial charge in [0, 0.05) is 16.4 Å². The summed E-state index contributed by atoms with van der Waals surface area (Å²) in [7, 11) is 0. The number of unbranched alkanes of at least 4 members (excludes halogenated alkanes) is 2. The minimum Gasteiger partial charge on any atom is -0.245 e. The van der Waals surface area contributed by atoms with Crippen LogP contribution in [-0.4, -0.2) is 40.7 Å². The summed E-state index contributed by atoms with van der Waals surface area (Å²) in [5.41, 5.74) is 2.45. The Morgan fingerprint density at radius 2 is 1.55 bits per heavy atom. The van der Waals surface area contributed by atoms with E-state index in [1.165, 1.54) is 65.6 Å². The summed E-state index contributed by atoms with van der Waals surface area (Å²) >= 11 is 5.51. The maximum atomic E-state index is 4.65. The fourth-order valence-corrected chi connectivity index (χ4v) is 7.41. The maximum Gasteiger partial charge on any atom is 0.245 e. The normalized spacial score (nSPS) is 14.4. The molecule has 0 aliphatic heterocycles. The molecule has 0 amide bonds. The lowest BCUT2D eigenvalue weighted by Crippen LogP contribution is -2.02. The van der Waals surface area contributed by atoms with E-state index in [4.69, 9.17) is 0 Å². The number of hydrogen-bond acceptors (Lipinski definition) is 7. The van der Waals surface area contributed by atoms with Crippen molar-refractivity contribution in [2.75, 3.05) is 11.5 Å². The molecule has 1 aliphatic carbocycles. The molecule has 6 nitrogen and oxygen atoms in total. The number of nitrogens with zero attached hydrogens (tertiary/aromatic N) is 6. The molecule has 0 bridgehead atoms. The first-order valence-corrected chi connectivity index (χ1v) is 13.4. The van der Waals surface area contributed by atoms with Crippen LogP contribution in [0.1, 0.15) is 62.8 Å². The molecule has 0 fully saturated rings. The fourth-order valence-electron chi connectivity index (χ4n) is 3.94. The van der Waals surface area contributed by atoms with Crippen LogP contribution in [0.5, 0.6) is 0 Å². The molecule has 1 aliphatic rings. The summed E-state index contributed by atoms with van der Waals surface area (Å²) in [6.45, 7) is 4.45. The van der Waals surface area contributed by atoms with Gasteiger partial charge in [-0.1, -0.05) is 50.2 Å². The predicted molar refractivity (Wildman–Crippen MR) is 123 cm³/mol. The molecule has 0 radical (unpaired) electrons. The Balaban J connectivity index is 1.76. The fraction of sp³-hybridized carbons (Fsp3) is 0.600. The summed E-state index contributed by atoms with van der Waals surface area (Å²) in [5, 5.41) is 21.6. The third kappa shape index (κ3) is 3.35. The molecule has 9 heteroatoms. The van der Waals surface area contributed by atoms with Gasteiger partial charge in [0.2, 0.25) is 5.78 Å². The quantitative estimate of drug-likeness (QED) is 0.257. The zero-order valence-corrected chi connectivity index (χ0v) is 19.4. The highest BCUT2D eigenvalue weighted by Crippen LogP contribution is 2.40. The second-order valence-electron chi connectivity index (χ2n) is 7.55. The molecule has 4 aromatic heterocycles. The van der Waals surface area contributed by atoms with Crippen LogP contribution in [0, 0.1) is 0 Å². The summed E-state index contributed by atoms with van der Waals surface area (Å²) in [5.74, 6) is 2.98. The highest BCUT2D eigenvalue weighted by atomic mass is 32.2. The van der Waals surface area contributed by atoms with Crippen molar-refractivity contribution in [3.63, 3.8) is 0 Å². The summed E-state index contributed by atoms with van der Waals surface area (Å²) in [4.78, 5) is 2.77. The standard InChI is InChI=1S/C20H26N6S3/c1-3-5-11-27-19-23-21-16-15-13-9-7-8-10-14(13)29-17(15)26-18(25(16)19)22-24-20(26)28-12-6-4-2/h3-12H2,1-2H3. The van der Waals surface area contributed by atoms with Crippen LogP contribution in [0.4, 0.5) is 0 Å². The van der Waals surface area contributed by atoms with Crippen molar-refractivity contribution in [3.8, 4) is 0 Å². The molecule has 0 N–H and O–H groups in total. The molecule has 0 spiro atoms. The Kier molecular flexibility index (Phi) is 5.71. The van der Waals surface area contributed by atoms with E-state index in [1.807, 2.05) is 23.1 Å². The van der Waals surface area contributed by atoms with Gasteiger partial charge in [-0.05, 0) is 44.1 Å². The Morgan fingerprint density at radius 1 is 0.862 bits per heavy atom. The highest BCUT2D eigenvalue weighted by Gasteiger charge is 2.26. The Hall–Kier alpha value is -1.32. The summed E-state index contributed by atoms with van der Waals surface area (Å²) < 4.78 is 4.43. The van der Waals surface area contributed by atoms with Crippen LogP contribution < -0.4 is 0 Å². The molecule has 0 saturated heterocycles. The summed E-state index contributed by atoms with van der Waals surface area (Å²) in [6, 6.07) is 0. The van der Waals surface area contributed by atoms with Crippen molar-refractivity contribution < 1.29 is 0 Å². The Labute approximate surface area is 182 Å². The number of fused-ring (bicyclic) bond motifs is 8. The molecule has 0 atom stereocenters. The van der Waals surface area contributed by atoms with E-state index in [1.54, 1.807) is 11.8 Å². The largest absolute Gasteiger partial charge is 0.245 e. The van der Waals surface area contributed by atoms with Gasteiger partial charge in [0.05, 0.1) is 5.39 Å². The molecule has 5 rings (SSSR count). The second-order valence-corrected chi connectivity index (χ2v) is 10.8. The van der Waals surface area contributed by atoms with Crippen LogP contribution in [0.3, 0.4) is 0 Å². The summed E-state index contributed by atoms with van der Waals surface area (Å²) in [6.07, 6.45) is 9.61. The van der Waals surface area contributed by atoms with Gasteiger partial charge in [0.15, 0.2) is 16.0 Å². The lowest BCUT2D eigenvalue weighted by Gasteiger charge is -2.10. The highest BCUT2D eigenvalue weighted by molar-refractivity contribution is 7.99. The van der Waals surface area contributed by atoms with Gasteiger partial charge in [-0.25, -0.2) is 8.80 Å². The van der Waals surface area contributed by atoms with Crippen LogP contribution in [0.2, 0.25) is 0 Å². The van der Waals surface area contributed by atoms with Gasteiger partial charge in [0.1, 0.15) is 4.83 Å². The van der Waals surface area contributed by atoms with Gasteiger partial charge < -0.3 is 0 Å². The lowest BCUT2D eigenvalue weighted by atomic mass is 9.97. The molecule has 4 heterocycles. The van der Waals surface area contributed by atoms with E-state index in [2.05, 4.69) is 43.0 Å². The molecule has 0 unspecified atom stereocenters. The first kappa shape index (κ1) is 19.6. The van der Waals surface area contributed by atoms with E-state index in [0.29, 0.717) is 0 Å². The van der Waals surface area contributed by atoms with Crippen molar-refractivity contribution in [2.45, 2.75) is 75.5 Å². The Morgan fingerprint density at radius 3 is 2.31 bits per heavy atom. The average Bonchev–Trinajstić information content (AvgIpc) is 3.43. The molecular weight excluding hydrogens is 420 g/mol. The number of rotatable bonds is 8. The van der Waals surface area contributed by atoms with Gasteiger partial charge in [-0.15, -0.1) is 31.7 Å². The monoisotopic (exact) mass is 446 g/mol. The number of aromatic nitrogens is 6. The predicted octanol–water partition coefficient (Wildman–Crippen LogP) is 5.65. The van der Waals surface area contributed by atoms with Crippen LogP contribution >= 0.6 is 34.9 Å². The third-order valence-corrected chi connectivity index (χ3v) is 8.79. The number of aryl methyl sites for hydroxylation is 2. The SMILES string of the molecule is CCCCSc1nnc2c3c4c(sc3n3c(SCCCC)nnc3n12)CCCC4. The van der Waals surface area contributed by atoms with Crippen molar-refractivity contribution >= 4 is 56.5 Å². The van der Waals surface area contributed by atoms with E-state index in [9.17, 15) is 0 Å².